The molecule has 0 unspecified atom stereocenters. The van der Waals surface area contributed by atoms with Crippen LogP contribution >= 0.6 is 0 Å². The molecule has 8 heavy (non-hydrogen) atoms. The Hall–Kier alpha value is 1.96. The summed E-state index contributed by atoms with van der Waals surface area (Å²) in [5.74, 6) is 0. The van der Waals surface area contributed by atoms with Crippen molar-refractivity contribution in [3.8, 4) is 0 Å². The predicted molar refractivity (Wildman–Crippen MR) is 35.9 cm³/mol. The van der Waals surface area contributed by atoms with Crippen LogP contribution in [0, 0.1) is 0 Å². The standard InChI is InChI=1S/B.Ca.Mg.H2O4S.4H/c;;;1-5(2,3)4;;;;/h;;;(H2,1,2,3,4);;;;/q;2*+2;;4*-1. The van der Waals surface area contributed by atoms with E-state index in [1.165, 1.54) is 0 Å². The molecule has 0 saturated carbocycles. The van der Waals surface area contributed by atoms with Gasteiger partial charge in [-0.2, -0.15) is 8.42 Å². The molecule has 0 rings (SSSR count). The molecule has 0 amide bonds. The number of hydrogen-bond donors (Lipinski definition) is 2. The molecule has 0 spiro atoms. The third kappa shape index (κ3) is 100. The van der Waals surface area contributed by atoms with Crippen molar-refractivity contribution in [3.63, 3.8) is 0 Å². The molecule has 0 aromatic carbocycles. The Kier molecular flexibility index (Phi) is 25.2. The summed E-state index contributed by atoms with van der Waals surface area (Å²) in [6, 6.07) is 0. The topological polar surface area (TPSA) is 74.6 Å². The summed E-state index contributed by atoms with van der Waals surface area (Å²) >= 11 is 0. The van der Waals surface area contributed by atoms with Crippen molar-refractivity contribution in [1.82, 2.24) is 0 Å². The average Bonchev–Trinajstić information content (AvgIpc) is 0.722. The van der Waals surface area contributed by atoms with Crippen LogP contribution in [0.15, 0.2) is 0 Å². The van der Waals surface area contributed by atoms with Gasteiger partial charge in [0, 0.05) is 8.41 Å². The molecule has 4 nitrogen and oxygen atoms in total. The van der Waals surface area contributed by atoms with E-state index in [0.717, 1.165) is 0 Å². The van der Waals surface area contributed by atoms with Crippen molar-refractivity contribution in [1.29, 1.82) is 0 Å². The third-order valence-corrected chi connectivity index (χ3v) is 0. The van der Waals surface area contributed by atoms with Gasteiger partial charge < -0.3 is 5.71 Å². The van der Waals surface area contributed by atoms with Crippen LogP contribution in [0.1, 0.15) is 5.71 Å². The van der Waals surface area contributed by atoms with Gasteiger partial charge in [-0.3, -0.25) is 9.11 Å². The second kappa shape index (κ2) is 8.96. The van der Waals surface area contributed by atoms with Crippen molar-refractivity contribution >= 4 is 79.6 Å². The Morgan fingerprint density at radius 2 is 1.25 bits per heavy atom. The SMILES string of the molecule is O=S(=O)(O)O.[B].[Ca+2].[H-].[H-].[H-].[H-].[Mg+2]. The molecule has 0 aromatic rings. The third-order valence-electron chi connectivity index (χ3n) is 0. The summed E-state index contributed by atoms with van der Waals surface area (Å²) in [5.41, 5.74) is 0. The molecule has 0 aliphatic heterocycles. The summed E-state index contributed by atoms with van der Waals surface area (Å²) in [5, 5.41) is 0. The van der Waals surface area contributed by atoms with Crippen molar-refractivity contribution in [2.24, 2.45) is 0 Å². The number of hydrogen-bond acceptors (Lipinski definition) is 2. The van der Waals surface area contributed by atoms with E-state index in [4.69, 9.17) is 17.5 Å². The van der Waals surface area contributed by atoms with E-state index < -0.39 is 10.4 Å². The van der Waals surface area contributed by atoms with Gasteiger partial charge in [-0.25, -0.2) is 0 Å². The maximum atomic E-state index is 8.74. The van der Waals surface area contributed by atoms with Crippen LogP contribution in [0.25, 0.3) is 0 Å². The minimum Gasteiger partial charge on any atom is -1.00 e. The molecular formula is H6BCaMgO4S. The van der Waals surface area contributed by atoms with Gasteiger partial charge in [-0.15, -0.1) is 0 Å². The van der Waals surface area contributed by atoms with Gasteiger partial charge in [0.1, 0.15) is 0 Å². The average molecular weight is 177 g/mol. The van der Waals surface area contributed by atoms with Gasteiger partial charge in [0.15, 0.2) is 0 Å². The summed E-state index contributed by atoms with van der Waals surface area (Å²) < 4.78 is 31.6. The zero-order valence-electron chi connectivity index (χ0n) is 8.11. The molecule has 0 atom stereocenters. The van der Waals surface area contributed by atoms with Crippen molar-refractivity contribution in [3.05, 3.63) is 0 Å². The minimum absolute atomic E-state index is 0. The first kappa shape index (κ1) is 22.5. The first-order valence-corrected chi connectivity index (χ1v) is 2.10. The molecule has 0 aliphatic rings. The van der Waals surface area contributed by atoms with Crippen LogP contribution in [0.2, 0.25) is 0 Å². The molecular weight excluding hydrogens is 171 g/mol. The zero-order chi connectivity index (χ0) is 4.50. The molecule has 0 aliphatic carbocycles. The molecule has 2 N–H and O–H groups in total. The van der Waals surface area contributed by atoms with Gasteiger partial charge in [0.2, 0.25) is 0 Å². The fourth-order valence-corrected chi connectivity index (χ4v) is 0. The van der Waals surface area contributed by atoms with E-state index in [0.29, 0.717) is 0 Å². The van der Waals surface area contributed by atoms with Crippen LogP contribution in [-0.4, -0.2) is 86.7 Å². The first-order chi connectivity index (χ1) is 2.00. The van der Waals surface area contributed by atoms with E-state index in [2.05, 4.69) is 0 Å². The van der Waals surface area contributed by atoms with Crippen LogP contribution in [0.5, 0.6) is 0 Å². The minimum atomic E-state index is -4.67. The molecule has 0 bridgehead atoms. The second-order valence-electron chi connectivity index (χ2n) is 0.448. The number of rotatable bonds is 0. The summed E-state index contributed by atoms with van der Waals surface area (Å²) in [7, 11) is -4.67. The van der Waals surface area contributed by atoms with Crippen molar-refractivity contribution < 1.29 is 23.2 Å². The van der Waals surface area contributed by atoms with E-state index in [-0.39, 0.29) is 74.9 Å². The largest absolute Gasteiger partial charge is 2.00 e. The van der Waals surface area contributed by atoms with Crippen molar-refractivity contribution in [2.75, 3.05) is 0 Å². The van der Waals surface area contributed by atoms with Gasteiger partial charge >= 0.3 is 71.2 Å². The summed E-state index contributed by atoms with van der Waals surface area (Å²) in [6.07, 6.45) is 0. The van der Waals surface area contributed by atoms with Gasteiger partial charge in [-0.1, -0.05) is 0 Å². The van der Waals surface area contributed by atoms with Gasteiger partial charge in [0.05, 0.1) is 0 Å². The smallest absolute Gasteiger partial charge is 1.00 e. The Bertz CT molecular complexity index is 110. The van der Waals surface area contributed by atoms with E-state index >= 15 is 0 Å². The Morgan fingerprint density at radius 3 is 1.25 bits per heavy atom. The maximum absolute atomic E-state index is 8.74. The summed E-state index contributed by atoms with van der Waals surface area (Å²) in [6.45, 7) is 0. The molecule has 8 heteroatoms. The van der Waals surface area contributed by atoms with Crippen LogP contribution in [-0.2, 0) is 10.4 Å². The molecule has 0 fully saturated rings. The van der Waals surface area contributed by atoms with E-state index in [1.54, 1.807) is 0 Å². The summed E-state index contributed by atoms with van der Waals surface area (Å²) in [4.78, 5) is 0. The fourth-order valence-electron chi connectivity index (χ4n) is 0. The first-order valence-electron chi connectivity index (χ1n) is 0.698. The predicted octanol–water partition coefficient (Wildman–Crippen LogP) is -1.35. The zero-order valence-corrected chi connectivity index (χ0v) is 8.55. The van der Waals surface area contributed by atoms with E-state index in [9.17, 15) is 0 Å². The van der Waals surface area contributed by atoms with Crippen LogP contribution < -0.4 is 0 Å². The van der Waals surface area contributed by atoms with Crippen molar-refractivity contribution in [2.45, 2.75) is 0 Å². The van der Waals surface area contributed by atoms with Gasteiger partial charge in [0.25, 0.3) is 0 Å². The normalized spacial score (nSPS) is 7.25. The molecule has 0 saturated heterocycles. The van der Waals surface area contributed by atoms with Gasteiger partial charge in [-0.05, 0) is 0 Å². The monoisotopic (exact) mass is 177 g/mol. The fraction of sp³-hybridized carbons (Fsp3) is 0. The molecule has 43 valence electrons. The van der Waals surface area contributed by atoms with Crippen LogP contribution in [0.4, 0.5) is 0 Å². The molecule has 0 heterocycles. The Labute approximate surface area is 102 Å². The maximum Gasteiger partial charge on any atom is 2.00 e. The quantitative estimate of drug-likeness (QED) is 0.354. The molecule has 0 aromatic heterocycles. The van der Waals surface area contributed by atoms with E-state index in [1.807, 2.05) is 0 Å². The Morgan fingerprint density at radius 1 is 1.25 bits per heavy atom. The van der Waals surface area contributed by atoms with Crippen LogP contribution in [0.3, 0.4) is 0 Å². The molecule has 3 radical (unpaired) electrons. The Balaban J connectivity index is -0.00000000381. The second-order valence-corrected chi connectivity index (χ2v) is 1.34.